The van der Waals surface area contributed by atoms with E-state index in [0.717, 1.165) is 5.69 Å². The number of para-hydroxylation sites is 1. The number of rotatable bonds is 4. The zero-order chi connectivity index (χ0) is 19.5. The summed E-state index contributed by atoms with van der Waals surface area (Å²) in [7, 11) is 0. The van der Waals surface area contributed by atoms with Crippen molar-refractivity contribution in [2.24, 2.45) is 0 Å². The predicted octanol–water partition coefficient (Wildman–Crippen LogP) is 3.42. The number of hydrogen-bond acceptors (Lipinski definition) is 5. The van der Waals surface area contributed by atoms with Gasteiger partial charge >= 0.3 is 0 Å². The number of aromatic nitrogens is 5. The normalized spacial score (nSPS) is 10.6. The molecule has 4 aromatic rings. The number of nitrogens with one attached hydrogen (secondary N) is 1. The van der Waals surface area contributed by atoms with E-state index in [9.17, 15) is 9.18 Å². The van der Waals surface area contributed by atoms with Gasteiger partial charge in [0.25, 0.3) is 5.91 Å². The van der Waals surface area contributed by atoms with Crippen LogP contribution in [-0.4, -0.2) is 30.6 Å². The summed E-state index contributed by atoms with van der Waals surface area (Å²) >= 11 is 0. The van der Waals surface area contributed by atoms with Gasteiger partial charge in [-0.25, -0.2) is 24.0 Å². The number of anilines is 1. The lowest BCUT2D eigenvalue weighted by atomic mass is 10.3. The fourth-order valence-electron chi connectivity index (χ4n) is 2.69. The minimum absolute atomic E-state index is 0.180. The number of benzene rings is 1. The van der Waals surface area contributed by atoms with E-state index < -0.39 is 11.7 Å². The van der Waals surface area contributed by atoms with Crippen molar-refractivity contribution in [3.63, 3.8) is 0 Å². The molecule has 0 saturated carbocycles. The van der Waals surface area contributed by atoms with E-state index in [2.05, 4.69) is 25.4 Å². The number of pyridine rings is 1. The molecule has 8 heteroatoms. The average Bonchev–Trinajstić information content (AvgIpc) is 3.18. The molecule has 0 fully saturated rings. The topological polar surface area (TPSA) is 85.6 Å². The summed E-state index contributed by atoms with van der Waals surface area (Å²) in [5.74, 6) is -0.249. The zero-order valence-electron chi connectivity index (χ0n) is 14.9. The highest BCUT2D eigenvalue weighted by molar-refractivity contribution is 6.02. The van der Waals surface area contributed by atoms with Crippen molar-refractivity contribution in [3.05, 3.63) is 84.2 Å². The van der Waals surface area contributed by atoms with Crippen LogP contribution in [0.15, 0.2) is 67.0 Å². The quantitative estimate of drug-likeness (QED) is 0.592. The molecule has 0 aliphatic carbocycles. The van der Waals surface area contributed by atoms with Crippen LogP contribution in [0.5, 0.6) is 0 Å². The summed E-state index contributed by atoms with van der Waals surface area (Å²) in [5, 5.41) is 6.76. The Kier molecular flexibility index (Phi) is 4.59. The Morgan fingerprint density at radius 1 is 1.00 bits per heavy atom. The molecule has 0 radical (unpaired) electrons. The Labute approximate surface area is 159 Å². The van der Waals surface area contributed by atoms with Crippen LogP contribution in [0.2, 0.25) is 0 Å². The first-order chi connectivity index (χ1) is 13.6. The number of carbonyl (C=O) groups excluding carboxylic acids is 1. The molecule has 0 bridgehead atoms. The van der Waals surface area contributed by atoms with E-state index >= 15 is 0 Å². The molecule has 0 aliphatic rings. The van der Waals surface area contributed by atoms with Crippen LogP contribution in [0.1, 0.15) is 16.2 Å². The Bertz CT molecular complexity index is 1160. The number of aryl methyl sites for hydroxylation is 1. The molecule has 138 valence electrons. The van der Waals surface area contributed by atoms with Crippen LogP contribution in [-0.2, 0) is 0 Å². The Morgan fingerprint density at radius 2 is 1.86 bits per heavy atom. The lowest BCUT2D eigenvalue weighted by Crippen LogP contribution is -2.18. The van der Waals surface area contributed by atoms with Crippen LogP contribution >= 0.6 is 0 Å². The van der Waals surface area contributed by atoms with Gasteiger partial charge < -0.3 is 5.32 Å². The SMILES string of the molecule is Cc1cccc(-c2nccc(NC(=O)c3ccnn3-c3ccccc3F)n2)n1. The van der Waals surface area contributed by atoms with E-state index in [1.54, 1.807) is 30.3 Å². The molecule has 3 heterocycles. The van der Waals surface area contributed by atoms with E-state index in [1.807, 2.05) is 19.1 Å². The minimum Gasteiger partial charge on any atom is -0.305 e. The lowest BCUT2D eigenvalue weighted by molar-refractivity contribution is 0.101. The second-order valence-electron chi connectivity index (χ2n) is 5.96. The third-order valence-electron chi connectivity index (χ3n) is 3.97. The van der Waals surface area contributed by atoms with Crippen molar-refractivity contribution < 1.29 is 9.18 Å². The van der Waals surface area contributed by atoms with Crippen LogP contribution in [0.4, 0.5) is 10.2 Å². The standard InChI is InChI=1S/C20H15FN6O/c1-13-5-4-7-15(24-13)19-22-11-10-18(25-19)26-20(28)17-9-12-23-27(17)16-8-3-2-6-14(16)21/h2-12H,1H3,(H,22,25,26,28). The summed E-state index contributed by atoms with van der Waals surface area (Å²) in [6, 6.07) is 14.7. The van der Waals surface area contributed by atoms with E-state index in [4.69, 9.17) is 0 Å². The zero-order valence-corrected chi connectivity index (χ0v) is 14.9. The molecule has 0 atom stereocenters. The van der Waals surface area contributed by atoms with Crippen molar-refractivity contribution in [2.75, 3.05) is 5.32 Å². The monoisotopic (exact) mass is 374 g/mol. The highest BCUT2D eigenvalue weighted by Crippen LogP contribution is 2.17. The molecule has 1 amide bonds. The predicted molar refractivity (Wildman–Crippen MR) is 101 cm³/mol. The molecule has 4 rings (SSSR count). The van der Waals surface area contributed by atoms with Crippen LogP contribution in [0, 0.1) is 12.7 Å². The maximum Gasteiger partial charge on any atom is 0.275 e. The van der Waals surface area contributed by atoms with E-state index in [-0.39, 0.29) is 11.4 Å². The molecule has 7 nitrogen and oxygen atoms in total. The first-order valence-corrected chi connectivity index (χ1v) is 8.49. The van der Waals surface area contributed by atoms with Crippen molar-refractivity contribution in [3.8, 4) is 17.2 Å². The first-order valence-electron chi connectivity index (χ1n) is 8.49. The molecule has 0 spiro atoms. The number of hydrogen-bond donors (Lipinski definition) is 1. The number of nitrogens with zero attached hydrogens (tertiary/aromatic N) is 5. The molecular weight excluding hydrogens is 359 g/mol. The van der Waals surface area contributed by atoms with Gasteiger partial charge in [0.1, 0.15) is 28.7 Å². The van der Waals surface area contributed by atoms with E-state index in [1.165, 1.54) is 29.2 Å². The number of amides is 1. The largest absolute Gasteiger partial charge is 0.305 e. The average molecular weight is 374 g/mol. The second kappa shape index (κ2) is 7.36. The molecule has 0 saturated heterocycles. The molecular formula is C20H15FN6O. The summed E-state index contributed by atoms with van der Waals surface area (Å²) in [6.07, 6.45) is 2.97. The first kappa shape index (κ1) is 17.5. The second-order valence-corrected chi connectivity index (χ2v) is 5.96. The Morgan fingerprint density at radius 3 is 2.68 bits per heavy atom. The fraction of sp³-hybridized carbons (Fsp3) is 0.0500. The summed E-state index contributed by atoms with van der Waals surface area (Å²) < 4.78 is 15.3. The van der Waals surface area contributed by atoms with Crippen LogP contribution < -0.4 is 5.32 Å². The van der Waals surface area contributed by atoms with Gasteiger partial charge in [0.05, 0.1) is 6.20 Å². The molecule has 3 aromatic heterocycles. The third-order valence-corrected chi connectivity index (χ3v) is 3.97. The Hall–Kier alpha value is -3.94. The summed E-state index contributed by atoms with van der Waals surface area (Å²) in [5.41, 5.74) is 1.81. The molecule has 1 aromatic carbocycles. The van der Waals surface area contributed by atoms with Crippen LogP contribution in [0.3, 0.4) is 0 Å². The van der Waals surface area contributed by atoms with Gasteiger partial charge in [-0.15, -0.1) is 0 Å². The van der Waals surface area contributed by atoms with Gasteiger partial charge in [-0.2, -0.15) is 5.10 Å². The van der Waals surface area contributed by atoms with Gasteiger partial charge in [-0.05, 0) is 43.3 Å². The fourth-order valence-corrected chi connectivity index (χ4v) is 2.69. The van der Waals surface area contributed by atoms with Crippen molar-refractivity contribution in [2.45, 2.75) is 6.92 Å². The maximum absolute atomic E-state index is 14.1. The van der Waals surface area contributed by atoms with Crippen molar-refractivity contribution in [1.82, 2.24) is 24.7 Å². The highest BCUT2D eigenvalue weighted by atomic mass is 19.1. The molecule has 0 aliphatic heterocycles. The highest BCUT2D eigenvalue weighted by Gasteiger charge is 2.16. The van der Waals surface area contributed by atoms with Gasteiger partial charge in [-0.3, -0.25) is 4.79 Å². The number of halogens is 1. The minimum atomic E-state index is -0.477. The maximum atomic E-state index is 14.1. The molecule has 0 unspecified atom stereocenters. The van der Waals surface area contributed by atoms with Gasteiger partial charge in [0.15, 0.2) is 5.82 Å². The van der Waals surface area contributed by atoms with E-state index in [0.29, 0.717) is 17.3 Å². The number of carbonyl (C=O) groups is 1. The summed E-state index contributed by atoms with van der Waals surface area (Å²) in [4.78, 5) is 25.6. The molecule has 28 heavy (non-hydrogen) atoms. The van der Waals surface area contributed by atoms with Gasteiger partial charge in [-0.1, -0.05) is 18.2 Å². The third kappa shape index (κ3) is 3.48. The smallest absolute Gasteiger partial charge is 0.275 e. The molecule has 1 N–H and O–H groups in total. The van der Waals surface area contributed by atoms with Gasteiger partial charge in [0.2, 0.25) is 0 Å². The van der Waals surface area contributed by atoms with Crippen molar-refractivity contribution in [1.29, 1.82) is 0 Å². The van der Waals surface area contributed by atoms with Crippen molar-refractivity contribution >= 4 is 11.7 Å². The Balaban J connectivity index is 1.61. The summed E-state index contributed by atoms with van der Waals surface area (Å²) in [6.45, 7) is 1.87. The van der Waals surface area contributed by atoms with Crippen LogP contribution in [0.25, 0.3) is 17.2 Å². The lowest BCUT2D eigenvalue weighted by Gasteiger charge is -2.09. The van der Waals surface area contributed by atoms with Gasteiger partial charge in [0, 0.05) is 11.9 Å².